The second-order valence-corrected chi connectivity index (χ2v) is 4.69. The highest BCUT2D eigenvalue weighted by atomic mass is 16.1. The number of hydrogen-bond acceptors (Lipinski definition) is 5. The number of nitrogens with zero attached hydrogens (tertiary/aromatic N) is 2. The minimum absolute atomic E-state index is 0.296. The molecule has 2 aromatic rings. The molecule has 6 nitrogen and oxygen atoms in total. The van der Waals surface area contributed by atoms with Gasteiger partial charge in [-0.25, -0.2) is 9.97 Å². The number of rotatable bonds is 3. The number of carbonyl (C=O) groups is 1. The maximum atomic E-state index is 10.9. The molecule has 0 fully saturated rings. The van der Waals surface area contributed by atoms with Crippen LogP contribution >= 0.6 is 0 Å². The molecule has 0 saturated carbocycles. The topological polar surface area (TPSA) is 92.9 Å². The molecule has 1 aromatic heterocycles. The molecule has 1 aliphatic rings. The van der Waals surface area contributed by atoms with Gasteiger partial charge in [0.25, 0.3) is 5.91 Å². The zero-order valence-corrected chi connectivity index (χ0v) is 10.9. The summed E-state index contributed by atoms with van der Waals surface area (Å²) in [7, 11) is 0. The monoisotopic (exact) mass is 269 g/mol. The van der Waals surface area contributed by atoms with Crippen molar-refractivity contribution in [1.82, 2.24) is 15.3 Å². The number of aromatic nitrogens is 2. The molecule has 0 unspecified atom stereocenters. The van der Waals surface area contributed by atoms with E-state index in [9.17, 15) is 4.79 Å². The van der Waals surface area contributed by atoms with Gasteiger partial charge in [0.1, 0.15) is 0 Å². The second kappa shape index (κ2) is 5.26. The summed E-state index contributed by atoms with van der Waals surface area (Å²) >= 11 is 0. The first kappa shape index (κ1) is 12.6. The molecule has 0 atom stereocenters. The van der Waals surface area contributed by atoms with E-state index in [2.05, 4.69) is 32.7 Å². The van der Waals surface area contributed by atoms with Gasteiger partial charge in [-0.3, -0.25) is 4.79 Å². The van der Waals surface area contributed by atoms with Gasteiger partial charge in [0.2, 0.25) is 5.95 Å². The van der Waals surface area contributed by atoms with Gasteiger partial charge in [-0.2, -0.15) is 0 Å². The van der Waals surface area contributed by atoms with Gasteiger partial charge >= 0.3 is 0 Å². The van der Waals surface area contributed by atoms with Crippen LogP contribution in [-0.4, -0.2) is 22.4 Å². The molecule has 2 heterocycles. The van der Waals surface area contributed by atoms with Gasteiger partial charge < -0.3 is 16.4 Å². The average molecular weight is 269 g/mol. The van der Waals surface area contributed by atoms with E-state index in [1.54, 1.807) is 0 Å². The lowest BCUT2D eigenvalue weighted by molar-refractivity contribution is 0.0999. The Morgan fingerprint density at radius 1 is 1.25 bits per heavy atom. The van der Waals surface area contributed by atoms with E-state index < -0.39 is 5.91 Å². The van der Waals surface area contributed by atoms with E-state index >= 15 is 0 Å². The van der Waals surface area contributed by atoms with Crippen LogP contribution in [0.15, 0.2) is 30.6 Å². The van der Waals surface area contributed by atoms with Crippen molar-refractivity contribution in [1.29, 1.82) is 0 Å². The first-order valence-electron chi connectivity index (χ1n) is 6.44. The van der Waals surface area contributed by atoms with Gasteiger partial charge in [-0.1, -0.05) is 6.07 Å². The summed E-state index contributed by atoms with van der Waals surface area (Å²) in [6.45, 7) is 1.91. The molecule has 0 bridgehead atoms. The number of carbonyl (C=O) groups excluding carboxylic acids is 1. The van der Waals surface area contributed by atoms with Crippen molar-refractivity contribution < 1.29 is 4.79 Å². The van der Waals surface area contributed by atoms with Crippen LogP contribution < -0.4 is 16.4 Å². The molecule has 1 aromatic carbocycles. The van der Waals surface area contributed by atoms with E-state index in [0.717, 1.165) is 25.2 Å². The fourth-order valence-electron chi connectivity index (χ4n) is 2.21. The quantitative estimate of drug-likeness (QED) is 0.772. The number of amides is 1. The number of fused-ring (bicyclic) bond motifs is 1. The lowest BCUT2D eigenvalue weighted by atomic mass is 10.0. The molecule has 1 amide bonds. The van der Waals surface area contributed by atoms with E-state index in [4.69, 9.17) is 5.73 Å². The molecular formula is C14H15N5O. The highest BCUT2D eigenvalue weighted by Crippen LogP contribution is 2.20. The predicted molar refractivity (Wildman–Crippen MR) is 75.7 cm³/mol. The lowest BCUT2D eigenvalue weighted by Gasteiger charge is -2.18. The van der Waals surface area contributed by atoms with Crippen LogP contribution in [0.5, 0.6) is 0 Å². The number of nitrogens with one attached hydrogen (secondary N) is 2. The number of nitrogens with two attached hydrogens (primary N) is 1. The minimum Gasteiger partial charge on any atom is -0.366 e. The molecule has 0 aliphatic carbocycles. The van der Waals surface area contributed by atoms with Crippen LogP contribution in [0.25, 0.3) is 0 Å². The highest BCUT2D eigenvalue weighted by Gasteiger charge is 2.09. The Labute approximate surface area is 116 Å². The van der Waals surface area contributed by atoms with Crippen molar-refractivity contribution in [2.75, 3.05) is 11.9 Å². The summed E-state index contributed by atoms with van der Waals surface area (Å²) in [6.07, 6.45) is 3.88. The van der Waals surface area contributed by atoms with Crippen LogP contribution in [0.2, 0.25) is 0 Å². The minimum atomic E-state index is -0.531. The molecule has 20 heavy (non-hydrogen) atoms. The Hall–Kier alpha value is -2.47. The number of anilines is 2. The molecule has 4 N–H and O–H groups in total. The maximum Gasteiger partial charge on any atom is 0.251 e. The van der Waals surface area contributed by atoms with Crippen molar-refractivity contribution in [3.63, 3.8) is 0 Å². The van der Waals surface area contributed by atoms with E-state index in [0.29, 0.717) is 11.5 Å². The van der Waals surface area contributed by atoms with Gasteiger partial charge in [-0.15, -0.1) is 0 Å². The smallest absolute Gasteiger partial charge is 0.251 e. The molecule has 3 rings (SSSR count). The van der Waals surface area contributed by atoms with Gasteiger partial charge in [0.05, 0.1) is 5.56 Å². The SMILES string of the molecule is NC(=O)c1cnc(Nc2ccc3c(c2)CNCC3)nc1. The molecule has 0 radical (unpaired) electrons. The van der Waals surface area contributed by atoms with Crippen LogP contribution in [0.1, 0.15) is 21.5 Å². The fraction of sp³-hybridized carbons (Fsp3) is 0.214. The Kier molecular flexibility index (Phi) is 3.30. The van der Waals surface area contributed by atoms with Crippen molar-refractivity contribution in [3.05, 3.63) is 47.3 Å². The van der Waals surface area contributed by atoms with Crippen LogP contribution in [-0.2, 0) is 13.0 Å². The Morgan fingerprint density at radius 2 is 2.05 bits per heavy atom. The predicted octanol–water partition coefficient (Wildman–Crippen LogP) is 0.965. The zero-order valence-electron chi connectivity index (χ0n) is 10.9. The summed E-state index contributed by atoms with van der Waals surface area (Å²) < 4.78 is 0. The molecule has 102 valence electrons. The van der Waals surface area contributed by atoms with Crippen molar-refractivity contribution in [2.45, 2.75) is 13.0 Å². The zero-order chi connectivity index (χ0) is 13.9. The molecule has 6 heteroatoms. The third-order valence-corrected chi connectivity index (χ3v) is 3.29. The van der Waals surface area contributed by atoms with Gasteiger partial charge in [0.15, 0.2) is 0 Å². The van der Waals surface area contributed by atoms with E-state index in [-0.39, 0.29) is 0 Å². The van der Waals surface area contributed by atoms with Crippen molar-refractivity contribution >= 4 is 17.5 Å². The maximum absolute atomic E-state index is 10.9. The molecule has 0 saturated heterocycles. The first-order valence-corrected chi connectivity index (χ1v) is 6.44. The Morgan fingerprint density at radius 3 is 2.80 bits per heavy atom. The molecular weight excluding hydrogens is 254 g/mol. The third kappa shape index (κ3) is 2.60. The second-order valence-electron chi connectivity index (χ2n) is 4.69. The standard InChI is InChI=1S/C14H15N5O/c15-13(20)11-7-17-14(18-8-11)19-12-2-1-9-3-4-16-6-10(9)5-12/h1-2,5,7-8,16H,3-4,6H2,(H2,15,20)(H,17,18,19). The number of hydrogen-bond donors (Lipinski definition) is 3. The highest BCUT2D eigenvalue weighted by molar-refractivity contribution is 5.92. The fourth-order valence-corrected chi connectivity index (χ4v) is 2.21. The van der Waals surface area contributed by atoms with Crippen molar-refractivity contribution in [3.8, 4) is 0 Å². The number of benzene rings is 1. The lowest BCUT2D eigenvalue weighted by Crippen LogP contribution is -2.23. The van der Waals surface area contributed by atoms with Crippen LogP contribution in [0, 0.1) is 0 Å². The number of primary amides is 1. The van der Waals surface area contributed by atoms with E-state index in [1.165, 1.54) is 23.5 Å². The van der Waals surface area contributed by atoms with Crippen LogP contribution in [0.3, 0.4) is 0 Å². The summed E-state index contributed by atoms with van der Waals surface area (Å²) in [6, 6.07) is 6.22. The summed E-state index contributed by atoms with van der Waals surface area (Å²) in [5.74, 6) is -0.0878. The average Bonchev–Trinajstić information content (AvgIpc) is 2.48. The van der Waals surface area contributed by atoms with E-state index in [1.807, 2.05) is 6.07 Å². The summed E-state index contributed by atoms with van der Waals surface area (Å²) in [5.41, 5.74) is 9.03. The summed E-state index contributed by atoms with van der Waals surface area (Å²) in [5, 5.41) is 6.46. The third-order valence-electron chi connectivity index (χ3n) is 3.29. The van der Waals surface area contributed by atoms with Gasteiger partial charge in [-0.05, 0) is 36.2 Å². The van der Waals surface area contributed by atoms with Crippen LogP contribution in [0.4, 0.5) is 11.6 Å². The van der Waals surface area contributed by atoms with Gasteiger partial charge in [0, 0.05) is 24.6 Å². The molecule has 0 spiro atoms. The Bertz CT molecular complexity index is 639. The first-order chi connectivity index (χ1) is 9.72. The summed E-state index contributed by atoms with van der Waals surface area (Å²) in [4.78, 5) is 19.1. The molecule has 1 aliphatic heterocycles. The Balaban J connectivity index is 1.78. The largest absolute Gasteiger partial charge is 0.366 e. The van der Waals surface area contributed by atoms with Crippen molar-refractivity contribution in [2.24, 2.45) is 5.73 Å². The normalized spacial score (nSPS) is 13.6.